The topological polar surface area (TPSA) is 60.8 Å². The summed E-state index contributed by atoms with van der Waals surface area (Å²) in [6.07, 6.45) is 0.728. The number of nitrogens with zero attached hydrogens (tertiary/aromatic N) is 1. The molecule has 3 rings (SSSR count). The quantitative estimate of drug-likeness (QED) is 0.909. The van der Waals surface area contributed by atoms with Gasteiger partial charge < -0.3 is 10.2 Å². The molecule has 0 unspecified atom stereocenters. The molecule has 1 heterocycles. The SMILES string of the molecule is O=C(O)c1cccc2c1CCN(Cc1ccccc1O)C2. The number of aromatic carboxylic acids is 1. The third-order valence-electron chi connectivity index (χ3n) is 3.96. The number of carbonyl (C=O) groups is 1. The summed E-state index contributed by atoms with van der Waals surface area (Å²) in [4.78, 5) is 13.5. The van der Waals surface area contributed by atoms with Crippen LogP contribution in [-0.4, -0.2) is 27.6 Å². The minimum absolute atomic E-state index is 0.308. The molecule has 21 heavy (non-hydrogen) atoms. The highest BCUT2D eigenvalue weighted by molar-refractivity contribution is 5.89. The van der Waals surface area contributed by atoms with E-state index in [2.05, 4.69) is 4.90 Å². The van der Waals surface area contributed by atoms with E-state index in [-0.39, 0.29) is 0 Å². The first-order valence-corrected chi connectivity index (χ1v) is 6.98. The van der Waals surface area contributed by atoms with Gasteiger partial charge in [0.1, 0.15) is 5.75 Å². The van der Waals surface area contributed by atoms with Crippen molar-refractivity contribution < 1.29 is 15.0 Å². The Balaban J connectivity index is 1.81. The number of hydrogen-bond acceptors (Lipinski definition) is 3. The maximum Gasteiger partial charge on any atom is 0.335 e. The second-order valence-corrected chi connectivity index (χ2v) is 5.34. The van der Waals surface area contributed by atoms with Crippen molar-refractivity contribution in [3.8, 4) is 5.75 Å². The zero-order chi connectivity index (χ0) is 14.8. The summed E-state index contributed by atoms with van der Waals surface area (Å²) in [6, 6.07) is 12.8. The van der Waals surface area contributed by atoms with E-state index < -0.39 is 5.97 Å². The Bertz CT molecular complexity index is 681. The molecule has 0 aromatic heterocycles. The Labute approximate surface area is 123 Å². The monoisotopic (exact) mass is 283 g/mol. The van der Waals surface area contributed by atoms with Crippen LogP contribution in [0, 0.1) is 0 Å². The van der Waals surface area contributed by atoms with Gasteiger partial charge in [-0.25, -0.2) is 4.79 Å². The molecule has 4 heteroatoms. The van der Waals surface area contributed by atoms with Gasteiger partial charge in [0.2, 0.25) is 0 Å². The van der Waals surface area contributed by atoms with Crippen LogP contribution < -0.4 is 0 Å². The lowest BCUT2D eigenvalue weighted by atomic mass is 9.94. The van der Waals surface area contributed by atoms with Crippen LogP contribution in [0.2, 0.25) is 0 Å². The van der Waals surface area contributed by atoms with E-state index in [0.29, 0.717) is 24.4 Å². The number of hydrogen-bond donors (Lipinski definition) is 2. The Morgan fingerprint density at radius 3 is 2.71 bits per heavy atom. The molecule has 4 nitrogen and oxygen atoms in total. The molecule has 0 saturated heterocycles. The van der Waals surface area contributed by atoms with E-state index in [9.17, 15) is 15.0 Å². The number of phenols is 1. The van der Waals surface area contributed by atoms with Gasteiger partial charge >= 0.3 is 5.97 Å². The average Bonchev–Trinajstić information content (AvgIpc) is 2.48. The number of para-hydroxylation sites is 1. The number of fused-ring (bicyclic) bond motifs is 1. The Morgan fingerprint density at radius 1 is 1.14 bits per heavy atom. The highest BCUT2D eigenvalue weighted by atomic mass is 16.4. The van der Waals surface area contributed by atoms with Gasteiger partial charge in [0.05, 0.1) is 5.56 Å². The summed E-state index contributed by atoms with van der Waals surface area (Å²) >= 11 is 0. The van der Waals surface area contributed by atoms with Crippen molar-refractivity contribution in [2.75, 3.05) is 6.54 Å². The third kappa shape index (κ3) is 2.76. The predicted octanol–water partition coefficient (Wildman–Crippen LogP) is 2.65. The summed E-state index contributed by atoms with van der Waals surface area (Å²) in [5.41, 5.74) is 3.32. The van der Waals surface area contributed by atoms with Crippen LogP contribution >= 0.6 is 0 Å². The normalized spacial score (nSPS) is 14.7. The van der Waals surface area contributed by atoms with Crippen LogP contribution in [0.3, 0.4) is 0 Å². The van der Waals surface area contributed by atoms with E-state index in [0.717, 1.165) is 29.7 Å². The molecule has 2 N–H and O–H groups in total. The van der Waals surface area contributed by atoms with Gasteiger partial charge in [-0.15, -0.1) is 0 Å². The van der Waals surface area contributed by atoms with Crippen molar-refractivity contribution in [3.63, 3.8) is 0 Å². The molecule has 0 amide bonds. The van der Waals surface area contributed by atoms with Gasteiger partial charge in [0.25, 0.3) is 0 Å². The third-order valence-corrected chi connectivity index (χ3v) is 3.96. The molecule has 0 saturated carbocycles. The number of benzene rings is 2. The first kappa shape index (κ1) is 13.6. The van der Waals surface area contributed by atoms with Gasteiger partial charge in [-0.1, -0.05) is 30.3 Å². The summed E-state index contributed by atoms with van der Waals surface area (Å²) in [6.45, 7) is 2.18. The van der Waals surface area contributed by atoms with Gasteiger partial charge in [0.15, 0.2) is 0 Å². The van der Waals surface area contributed by atoms with Crippen LogP contribution in [0.4, 0.5) is 0 Å². The lowest BCUT2D eigenvalue weighted by Gasteiger charge is -2.29. The number of carboxylic acid groups (broad SMARTS) is 1. The van der Waals surface area contributed by atoms with Crippen LogP contribution in [-0.2, 0) is 19.5 Å². The van der Waals surface area contributed by atoms with Crippen molar-refractivity contribution >= 4 is 5.97 Å². The molecule has 108 valence electrons. The second kappa shape index (κ2) is 5.58. The molecule has 1 aliphatic rings. The van der Waals surface area contributed by atoms with Crippen molar-refractivity contribution in [1.29, 1.82) is 0 Å². The molecule has 2 aromatic carbocycles. The molecule has 0 aliphatic carbocycles. The Hall–Kier alpha value is -2.33. The van der Waals surface area contributed by atoms with Crippen LogP contribution in [0.25, 0.3) is 0 Å². The highest BCUT2D eigenvalue weighted by Gasteiger charge is 2.21. The van der Waals surface area contributed by atoms with Crippen molar-refractivity contribution in [1.82, 2.24) is 4.90 Å². The van der Waals surface area contributed by atoms with Crippen molar-refractivity contribution in [2.24, 2.45) is 0 Å². The van der Waals surface area contributed by atoms with Crippen molar-refractivity contribution in [2.45, 2.75) is 19.5 Å². The number of aromatic hydroxyl groups is 1. The fraction of sp³-hybridized carbons (Fsp3) is 0.235. The van der Waals surface area contributed by atoms with E-state index in [4.69, 9.17) is 0 Å². The van der Waals surface area contributed by atoms with Gasteiger partial charge in [-0.05, 0) is 29.7 Å². The first-order valence-electron chi connectivity index (χ1n) is 6.98. The Morgan fingerprint density at radius 2 is 1.95 bits per heavy atom. The maximum atomic E-state index is 11.2. The number of phenolic OH excluding ortho intramolecular Hbond substituents is 1. The smallest absolute Gasteiger partial charge is 0.335 e. The van der Waals surface area contributed by atoms with Crippen LogP contribution in [0.1, 0.15) is 27.0 Å². The molecular formula is C17H17NO3. The summed E-state index contributed by atoms with van der Waals surface area (Å²) in [5, 5.41) is 19.1. The largest absolute Gasteiger partial charge is 0.508 e. The first-order chi connectivity index (χ1) is 10.1. The van der Waals surface area contributed by atoms with E-state index in [1.165, 1.54) is 0 Å². The van der Waals surface area contributed by atoms with Crippen LogP contribution in [0.5, 0.6) is 5.75 Å². The second-order valence-electron chi connectivity index (χ2n) is 5.34. The standard InChI is InChI=1S/C17H17NO3/c19-16-7-2-1-4-13(16)11-18-9-8-14-12(10-18)5-3-6-15(14)17(20)21/h1-7,19H,8-11H2,(H,20,21). The lowest BCUT2D eigenvalue weighted by Crippen LogP contribution is -2.31. The molecule has 0 bridgehead atoms. The summed E-state index contributed by atoms with van der Waals surface area (Å²) < 4.78 is 0. The molecular weight excluding hydrogens is 266 g/mol. The Kier molecular flexibility index (Phi) is 3.62. The average molecular weight is 283 g/mol. The van der Waals surface area contributed by atoms with Gasteiger partial charge in [-0.3, -0.25) is 4.90 Å². The molecule has 2 aromatic rings. The van der Waals surface area contributed by atoms with Crippen LogP contribution in [0.15, 0.2) is 42.5 Å². The zero-order valence-corrected chi connectivity index (χ0v) is 11.6. The number of carboxylic acids is 1. The fourth-order valence-electron chi connectivity index (χ4n) is 2.89. The minimum Gasteiger partial charge on any atom is -0.508 e. The minimum atomic E-state index is -0.860. The highest BCUT2D eigenvalue weighted by Crippen LogP contribution is 2.25. The van der Waals surface area contributed by atoms with E-state index in [1.807, 2.05) is 24.3 Å². The summed E-state index contributed by atoms with van der Waals surface area (Å²) in [5.74, 6) is -0.552. The molecule has 0 atom stereocenters. The summed E-state index contributed by atoms with van der Waals surface area (Å²) in [7, 11) is 0. The zero-order valence-electron chi connectivity index (χ0n) is 11.6. The van der Waals surface area contributed by atoms with Gasteiger partial charge in [-0.2, -0.15) is 0 Å². The fourth-order valence-corrected chi connectivity index (χ4v) is 2.89. The van der Waals surface area contributed by atoms with E-state index >= 15 is 0 Å². The van der Waals surface area contributed by atoms with E-state index in [1.54, 1.807) is 18.2 Å². The predicted molar refractivity (Wildman–Crippen MR) is 79.3 cm³/mol. The molecule has 0 fully saturated rings. The van der Waals surface area contributed by atoms with Crippen molar-refractivity contribution in [3.05, 3.63) is 64.7 Å². The molecule has 0 radical (unpaired) electrons. The lowest BCUT2D eigenvalue weighted by molar-refractivity contribution is 0.0694. The molecule has 0 spiro atoms. The molecule has 1 aliphatic heterocycles. The maximum absolute atomic E-state index is 11.2. The number of rotatable bonds is 3. The van der Waals surface area contributed by atoms with Gasteiger partial charge in [0, 0.05) is 25.2 Å².